The molecule has 0 bridgehead atoms. The molecule has 1 aliphatic rings. The van der Waals surface area contributed by atoms with Crippen LogP contribution in [0.3, 0.4) is 0 Å². The molecule has 0 unspecified atom stereocenters. The molecule has 5 nitrogen and oxygen atoms in total. The van der Waals surface area contributed by atoms with Gasteiger partial charge in [0, 0.05) is 18.7 Å². The fourth-order valence-corrected chi connectivity index (χ4v) is 2.54. The van der Waals surface area contributed by atoms with Gasteiger partial charge in [0.15, 0.2) is 0 Å². The van der Waals surface area contributed by atoms with Gasteiger partial charge in [0.25, 0.3) is 5.91 Å². The maximum absolute atomic E-state index is 12.4. The smallest absolute Gasteiger partial charge is 0.387 e. The number of hydrogen-bond acceptors (Lipinski definition) is 4. The number of ether oxygens (including phenoxy) is 2. The lowest BCUT2D eigenvalue weighted by Crippen LogP contribution is -2.40. The predicted octanol–water partition coefficient (Wildman–Crippen LogP) is 2.70. The first-order valence-electron chi connectivity index (χ1n) is 7.52. The number of likely N-dealkylation sites (tertiary alicyclic amines) is 1. The Bertz CT molecular complexity index is 540. The van der Waals surface area contributed by atoms with E-state index < -0.39 is 6.61 Å². The standard InChI is InChI=1S/C16H19F2NO4/c1-2-22-15(21)12-7-9-19(10-8-12)14(20)11-3-5-13(6-4-11)23-16(17)18/h3-6,12,16H,2,7-10H2,1H3. The number of nitrogens with zero attached hydrogens (tertiary/aromatic N) is 1. The van der Waals surface area contributed by atoms with E-state index in [1.54, 1.807) is 11.8 Å². The van der Waals surface area contributed by atoms with Crippen molar-refractivity contribution in [3.8, 4) is 5.75 Å². The summed E-state index contributed by atoms with van der Waals surface area (Å²) >= 11 is 0. The Morgan fingerprint density at radius 1 is 1.22 bits per heavy atom. The van der Waals surface area contributed by atoms with Crippen LogP contribution in [0.1, 0.15) is 30.1 Å². The van der Waals surface area contributed by atoms with Crippen LogP contribution in [0.4, 0.5) is 8.78 Å². The summed E-state index contributed by atoms with van der Waals surface area (Å²) in [6.45, 7) is 0.163. The molecule has 7 heteroatoms. The van der Waals surface area contributed by atoms with Gasteiger partial charge >= 0.3 is 12.6 Å². The van der Waals surface area contributed by atoms with Crippen molar-refractivity contribution in [3.63, 3.8) is 0 Å². The van der Waals surface area contributed by atoms with Gasteiger partial charge in [0.2, 0.25) is 0 Å². The molecule has 1 aliphatic heterocycles. The van der Waals surface area contributed by atoms with E-state index in [0.717, 1.165) is 0 Å². The zero-order chi connectivity index (χ0) is 16.8. The Labute approximate surface area is 133 Å². The summed E-state index contributed by atoms with van der Waals surface area (Å²) in [5.74, 6) is -0.553. The number of benzene rings is 1. The molecule has 1 heterocycles. The lowest BCUT2D eigenvalue weighted by molar-refractivity contribution is -0.149. The lowest BCUT2D eigenvalue weighted by atomic mass is 9.96. The molecule has 1 aromatic rings. The van der Waals surface area contributed by atoms with Crippen molar-refractivity contribution in [3.05, 3.63) is 29.8 Å². The summed E-state index contributed by atoms with van der Waals surface area (Å²) in [5, 5.41) is 0. The number of halogens is 2. The van der Waals surface area contributed by atoms with Gasteiger partial charge in [0.1, 0.15) is 5.75 Å². The lowest BCUT2D eigenvalue weighted by Gasteiger charge is -2.31. The van der Waals surface area contributed by atoms with E-state index in [1.807, 2.05) is 0 Å². The quantitative estimate of drug-likeness (QED) is 0.780. The minimum atomic E-state index is -2.89. The molecule has 1 aromatic carbocycles. The zero-order valence-electron chi connectivity index (χ0n) is 12.8. The average Bonchev–Trinajstić information content (AvgIpc) is 2.55. The van der Waals surface area contributed by atoms with Crippen LogP contribution in [0.25, 0.3) is 0 Å². The average molecular weight is 327 g/mol. The van der Waals surface area contributed by atoms with Crippen molar-refractivity contribution in [2.75, 3.05) is 19.7 Å². The fraction of sp³-hybridized carbons (Fsp3) is 0.500. The Morgan fingerprint density at radius 2 is 1.83 bits per heavy atom. The van der Waals surface area contributed by atoms with E-state index >= 15 is 0 Å². The molecule has 0 atom stereocenters. The van der Waals surface area contributed by atoms with Crippen LogP contribution in [0, 0.1) is 5.92 Å². The van der Waals surface area contributed by atoms with Crippen molar-refractivity contribution >= 4 is 11.9 Å². The van der Waals surface area contributed by atoms with Gasteiger partial charge in [-0.1, -0.05) is 0 Å². The summed E-state index contributed by atoms with van der Waals surface area (Å²) in [7, 11) is 0. The fourth-order valence-electron chi connectivity index (χ4n) is 2.54. The van der Waals surface area contributed by atoms with Gasteiger partial charge in [0.05, 0.1) is 12.5 Å². The second-order valence-corrected chi connectivity index (χ2v) is 5.22. The molecule has 0 aromatic heterocycles. The number of carbonyl (C=O) groups excluding carboxylic acids is 2. The number of esters is 1. The number of amides is 1. The van der Waals surface area contributed by atoms with Gasteiger partial charge in [-0.15, -0.1) is 0 Å². The van der Waals surface area contributed by atoms with Crippen molar-refractivity contribution in [2.45, 2.75) is 26.4 Å². The number of carbonyl (C=O) groups is 2. The van der Waals surface area contributed by atoms with Crippen LogP contribution in [0.15, 0.2) is 24.3 Å². The Morgan fingerprint density at radius 3 is 2.35 bits per heavy atom. The third-order valence-corrected chi connectivity index (χ3v) is 3.73. The normalized spacial score (nSPS) is 15.6. The summed E-state index contributed by atoms with van der Waals surface area (Å²) in [6, 6.07) is 5.59. The van der Waals surface area contributed by atoms with E-state index in [4.69, 9.17) is 4.74 Å². The monoisotopic (exact) mass is 327 g/mol. The van der Waals surface area contributed by atoms with Crippen LogP contribution < -0.4 is 4.74 Å². The number of rotatable bonds is 5. The SMILES string of the molecule is CCOC(=O)C1CCN(C(=O)c2ccc(OC(F)F)cc2)CC1. The van der Waals surface area contributed by atoms with Crippen LogP contribution in [0.2, 0.25) is 0 Å². The third kappa shape index (κ3) is 4.64. The summed E-state index contributed by atoms with van der Waals surface area (Å²) in [5.41, 5.74) is 0.404. The Balaban J connectivity index is 1.90. The molecule has 126 valence electrons. The van der Waals surface area contributed by atoms with E-state index in [2.05, 4.69) is 4.74 Å². The molecule has 23 heavy (non-hydrogen) atoms. The van der Waals surface area contributed by atoms with Crippen LogP contribution >= 0.6 is 0 Å². The highest BCUT2D eigenvalue weighted by Crippen LogP contribution is 2.21. The number of alkyl halides is 2. The van der Waals surface area contributed by atoms with Gasteiger partial charge in [-0.25, -0.2) is 0 Å². The number of piperidine rings is 1. The predicted molar refractivity (Wildman–Crippen MR) is 78.3 cm³/mol. The van der Waals surface area contributed by atoms with Gasteiger partial charge < -0.3 is 14.4 Å². The van der Waals surface area contributed by atoms with Crippen LogP contribution in [-0.4, -0.2) is 43.1 Å². The minimum Gasteiger partial charge on any atom is -0.466 e. The molecule has 2 rings (SSSR count). The van der Waals surface area contributed by atoms with Crippen LogP contribution in [0.5, 0.6) is 5.75 Å². The molecule has 1 saturated heterocycles. The van der Waals surface area contributed by atoms with Crippen molar-refractivity contribution in [1.82, 2.24) is 4.90 Å². The van der Waals surface area contributed by atoms with Crippen LogP contribution in [-0.2, 0) is 9.53 Å². The van der Waals surface area contributed by atoms with Gasteiger partial charge in [-0.2, -0.15) is 8.78 Å². The van der Waals surface area contributed by atoms with Crippen molar-refractivity contribution in [2.24, 2.45) is 5.92 Å². The molecule has 0 radical (unpaired) electrons. The third-order valence-electron chi connectivity index (χ3n) is 3.73. The number of hydrogen-bond donors (Lipinski definition) is 0. The largest absolute Gasteiger partial charge is 0.466 e. The molecular formula is C16H19F2NO4. The Hall–Kier alpha value is -2.18. The first-order chi connectivity index (χ1) is 11.0. The van der Waals surface area contributed by atoms with E-state index in [1.165, 1.54) is 24.3 Å². The van der Waals surface area contributed by atoms with Gasteiger partial charge in [-0.3, -0.25) is 9.59 Å². The van der Waals surface area contributed by atoms with E-state index in [0.29, 0.717) is 38.1 Å². The minimum absolute atomic E-state index is 0.0116. The highest BCUT2D eigenvalue weighted by Gasteiger charge is 2.28. The first-order valence-corrected chi connectivity index (χ1v) is 7.52. The topological polar surface area (TPSA) is 55.8 Å². The molecule has 0 spiro atoms. The highest BCUT2D eigenvalue weighted by molar-refractivity contribution is 5.94. The summed E-state index contributed by atoms with van der Waals surface area (Å²) in [6.07, 6.45) is 1.13. The molecule has 0 saturated carbocycles. The molecule has 1 amide bonds. The summed E-state index contributed by atoms with van der Waals surface area (Å²) < 4.78 is 33.4. The Kier molecular flexibility index (Phi) is 5.90. The van der Waals surface area contributed by atoms with Gasteiger partial charge in [-0.05, 0) is 44.0 Å². The highest BCUT2D eigenvalue weighted by atomic mass is 19.3. The van der Waals surface area contributed by atoms with Crippen molar-refractivity contribution in [1.29, 1.82) is 0 Å². The maximum atomic E-state index is 12.4. The summed E-state index contributed by atoms with van der Waals surface area (Å²) in [4.78, 5) is 25.7. The molecule has 1 fully saturated rings. The first kappa shape index (κ1) is 17.2. The van der Waals surface area contributed by atoms with Crippen molar-refractivity contribution < 1.29 is 27.8 Å². The molecule has 0 N–H and O–H groups in total. The second kappa shape index (κ2) is 7.89. The second-order valence-electron chi connectivity index (χ2n) is 5.22. The maximum Gasteiger partial charge on any atom is 0.387 e. The zero-order valence-corrected chi connectivity index (χ0v) is 12.8. The molecular weight excluding hydrogens is 308 g/mol. The van der Waals surface area contributed by atoms with E-state index in [9.17, 15) is 18.4 Å². The van der Waals surface area contributed by atoms with E-state index in [-0.39, 0.29) is 23.5 Å². The molecule has 0 aliphatic carbocycles.